The Labute approximate surface area is 102 Å². The lowest BCUT2D eigenvalue weighted by atomic mass is 10.1. The molecule has 0 unspecified atom stereocenters. The van der Waals surface area contributed by atoms with Crippen LogP contribution in [0.2, 0.25) is 0 Å². The lowest BCUT2D eigenvalue weighted by molar-refractivity contribution is 0.0690. The minimum Gasteiger partial charge on any atom is -0.477 e. The van der Waals surface area contributed by atoms with E-state index in [9.17, 15) is 4.79 Å². The summed E-state index contributed by atoms with van der Waals surface area (Å²) >= 11 is 0. The molecule has 0 aliphatic heterocycles. The molecule has 0 aliphatic rings. The third-order valence-electron chi connectivity index (χ3n) is 2.48. The number of hydrogen-bond acceptors (Lipinski definition) is 3. The molecule has 0 bridgehead atoms. The van der Waals surface area contributed by atoms with Crippen molar-refractivity contribution in [3.8, 4) is 0 Å². The number of nitrogens with zero attached hydrogens (tertiary/aromatic N) is 1. The van der Waals surface area contributed by atoms with Gasteiger partial charge >= 0.3 is 5.97 Å². The maximum atomic E-state index is 10.7. The predicted molar refractivity (Wildman–Crippen MR) is 68.4 cm³/mol. The van der Waals surface area contributed by atoms with Crippen LogP contribution >= 0.6 is 0 Å². The van der Waals surface area contributed by atoms with Crippen LogP contribution in [0, 0.1) is 5.92 Å². The molecule has 1 aromatic heterocycles. The molecule has 4 heteroatoms. The minimum absolute atomic E-state index is 0.0807. The van der Waals surface area contributed by atoms with Crippen molar-refractivity contribution in [2.75, 3.05) is 11.9 Å². The van der Waals surface area contributed by atoms with E-state index in [-0.39, 0.29) is 5.69 Å². The highest BCUT2D eigenvalue weighted by molar-refractivity contribution is 5.85. The van der Waals surface area contributed by atoms with Gasteiger partial charge in [0, 0.05) is 6.54 Å². The summed E-state index contributed by atoms with van der Waals surface area (Å²) in [6, 6.07) is 4.98. The van der Waals surface area contributed by atoms with Crippen LogP contribution in [0.25, 0.3) is 0 Å². The summed E-state index contributed by atoms with van der Waals surface area (Å²) in [5, 5.41) is 11.9. The number of aromatic carboxylic acids is 1. The maximum absolute atomic E-state index is 10.7. The van der Waals surface area contributed by atoms with E-state index in [4.69, 9.17) is 5.11 Å². The number of unbranched alkanes of at least 4 members (excludes halogenated alkanes) is 1. The number of aromatic nitrogens is 1. The smallest absolute Gasteiger partial charge is 0.354 e. The molecule has 0 amide bonds. The van der Waals surface area contributed by atoms with E-state index in [0.29, 0.717) is 5.82 Å². The number of carboxylic acid groups (broad SMARTS) is 1. The lowest BCUT2D eigenvalue weighted by Crippen LogP contribution is -2.07. The predicted octanol–water partition coefficient (Wildman–Crippen LogP) is 3.02. The van der Waals surface area contributed by atoms with Crippen LogP contribution in [-0.4, -0.2) is 22.6 Å². The molecule has 4 nitrogen and oxygen atoms in total. The molecule has 0 saturated heterocycles. The number of carboxylic acids is 1. The summed E-state index contributed by atoms with van der Waals surface area (Å²) in [5.41, 5.74) is 0.0807. The summed E-state index contributed by atoms with van der Waals surface area (Å²) < 4.78 is 0. The van der Waals surface area contributed by atoms with Crippen LogP contribution in [0.3, 0.4) is 0 Å². The van der Waals surface area contributed by atoms with Gasteiger partial charge in [-0.15, -0.1) is 0 Å². The molecule has 0 spiro atoms. The number of anilines is 1. The quantitative estimate of drug-likeness (QED) is 0.714. The molecular formula is C13H20N2O2. The molecule has 2 N–H and O–H groups in total. The van der Waals surface area contributed by atoms with Crippen LogP contribution in [0.15, 0.2) is 18.2 Å². The normalized spacial score (nSPS) is 10.5. The summed E-state index contributed by atoms with van der Waals surface area (Å²) in [6.45, 7) is 5.26. The monoisotopic (exact) mass is 236 g/mol. The van der Waals surface area contributed by atoms with Crippen LogP contribution in [0.5, 0.6) is 0 Å². The van der Waals surface area contributed by atoms with Crippen molar-refractivity contribution in [3.05, 3.63) is 23.9 Å². The van der Waals surface area contributed by atoms with Crippen molar-refractivity contribution in [3.63, 3.8) is 0 Å². The molecule has 1 heterocycles. The van der Waals surface area contributed by atoms with E-state index in [1.807, 2.05) is 0 Å². The third-order valence-corrected chi connectivity index (χ3v) is 2.48. The molecule has 1 aromatic rings. The highest BCUT2D eigenvalue weighted by Crippen LogP contribution is 2.08. The van der Waals surface area contributed by atoms with Crippen molar-refractivity contribution in [2.24, 2.45) is 5.92 Å². The molecule has 0 saturated carbocycles. The Kier molecular flexibility index (Phi) is 5.46. The summed E-state index contributed by atoms with van der Waals surface area (Å²) in [6.07, 6.45) is 3.49. The molecule has 0 aliphatic carbocycles. The number of pyridine rings is 1. The van der Waals surface area contributed by atoms with Gasteiger partial charge in [-0.05, 0) is 24.5 Å². The summed E-state index contributed by atoms with van der Waals surface area (Å²) in [5.74, 6) is 0.381. The Balaban J connectivity index is 2.31. The van der Waals surface area contributed by atoms with Gasteiger partial charge in [0.25, 0.3) is 0 Å². The first-order valence-corrected chi connectivity index (χ1v) is 6.04. The van der Waals surface area contributed by atoms with Crippen molar-refractivity contribution >= 4 is 11.8 Å². The zero-order chi connectivity index (χ0) is 12.7. The van der Waals surface area contributed by atoms with Crippen LogP contribution < -0.4 is 5.32 Å². The molecule has 94 valence electrons. The van der Waals surface area contributed by atoms with Gasteiger partial charge in [0.15, 0.2) is 5.69 Å². The van der Waals surface area contributed by atoms with Crippen LogP contribution in [0.4, 0.5) is 5.82 Å². The number of carbonyl (C=O) groups is 1. The maximum Gasteiger partial charge on any atom is 0.354 e. The molecule has 0 radical (unpaired) electrons. The van der Waals surface area contributed by atoms with Gasteiger partial charge in [0.1, 0.15) is 5.82 Å². The van der Waals surface area contributed by atoms with E-state index in [1.54, 1.807) is 12.1 Å². The first-order chi connectivity index (χ1) is 8.09. The van der Waals surface area contributed by atoms with Gasteiger partial charge in [0.05, 0.1) is 0 Å². The second-order valence-corrected chi connectivity index (χ2v) is 4.53. The van der Waals surface area contributed by atoms with Gasteiger partial charge in [-0.25, -0.2) is 9.78 Å². The third kappa shape index (κ3) is 5.33. The van der Waals surface area contributed by atoms with Gasteiger partial charge < -0.3 is 10.4 Å². The van der Waals surface area contributed by atoms with Crippen molar-refractivity contribution in [1.29, 1.82) is 0 Å². The number of nitrogens with one attached hydrogen (secondary N) is 1. The lowest BCUT2D eigenvalue weighted by Gasteiger charge is -2.07. The summed E-state index contributed by atoms with van der Waals surface area (Å²) in [4.78, 5) is 14.7. The van der Waals surface area contributed by atoms with E-state index >= 15 is 0 Å². The SMILES string of the molecule is CC(C)CCCCNc1cccc(C(=O)O)n1. The standard InChI is InChI=1S/C13H20N2O2/c1-10(2)6-3-4-9-14-12-8-5-7-11(15-12)13(16)17/h5,7-8,10H,3-4,6,9H2,1-2H3,(H,14,15)(H,16,17). The fourth-order valence-corrected chi connectivity index (χ4v) is 1.55. The first kappa shape index (κ1) is 13.5. The topological polar surface area (TPSA) is 62.2 Å². The first-order valence-electron chi connectivity index (χ1n) is 6.04. The van der Waals surface area contributed by atoms with E-state index in [0.717, 1.165) is 18.9 Å². The second kappa shape index (κ2) is 6.89. The van der Waals surface area contributed by atoms with Gasteiger partial charge in [-0.1, -0.05) is 32.8 Å². The Morgan fingerprint density at radius 2 is 2.18 bits per heavy atom. The van der Waals surface area contributed by atoms with E-state index in [2.05, 4.69) is 24.1 Å². The summed E-state index contributed by atoms with van der Waals surface area (Å²) in [7, 11) is 0. The molecule has 0 aromatic carbocycles. The van der Waals surface area contributed by atoms with Gasteiger partial charge in [0.2, 0.25) is 0 Å². The Morgan fingerprint density at radius 3 is 2.82 bits per heavy atom. The van der Waals surface area contributed by atoms with Crippen molar-refractivity contribution in [1.82, 2.24) is 4.98 Å². The van der Waals surface area contributed by atoms with E-state index in [1.165, 1.54) is 18.9 Å². The minimum atomic E-state index is -0.992. The van der Waals surface area contributed by atoms with Gasteiger partial charge in [-0.3, -0.25) is 0 Å². The molecule has 0 fully saturated rings. The number of hydrogen-bond donors (Lipinski definition) is 2. The fraction of sp³-hybridized carbons (Fsp3) is 0.538. The average Bonchev–Trinajstić information content (AvgIpc) is 2.28. The fourth-order valence-electron chi connectivity index (χ4n) is 1.55. The largest absolute Gasteiger partial charge is 0.477 e. The molecule has 0 atom stereocenters. The Hall–Kier alpha value is -1.58. The Bertz CT molecular complexity index is 364. The highest BCUT2D eigenvalue weighted by Gasteiger charge is 2.04. The molecule has 1 rings (SSSR count). The number of rotatable bonds is 7. The molecule has 17 heavy (non-hydrogen) atoms. The van der Waals surface area contributed by atoms with Crippen molar-refractivity contribution in [2.45, 2.75) is 33.1 Å². The van der Waals surface area contributed by atoms with Crippen LogP contribution in [-0.2, 0) is 0 Å². The average molecular weight is 236 g/mol. The van der Waals surface area contributed by atoms with Crippen LogP contribution in [0.1, 0.15) is 43.6 Å². The second-order valence-electron chi connectivity index (χ2n) is 4.53. The highest BCUT2D eigenvalue weighted by atomic mass is 16.4. The molecular weight excluding hydrogens is 216 g/mol. The zero-order valence-corrected chi connectivity index (χ0v) is 10.4. The zero-order valence-electron chi connectivity index (χ0n) is 10.4. The Morgan fingerprint density at radius 1 is 1.41 bits per heavy atom. The van der Waals surface area contributed by atoms with Gasteiger partial charge in [-0.2, -0.15) is 0 Å². The van der Waals surface area contributed by atoms with E-state index < -0.39 is 5.97 Å². The van der Waals surface area contributed by atoms with Crippen molar-refractivity contribution < 1.29 is 9.90 Å².